The van der Waals surface area contributed by atoms with Crippen LogP contribution in [0.25, 0.3) is 0 Å². The summed E-state index contributed by atoms with van der Waals surface area (Å²) in [5, 5.41) is 0. The van der Waals surface area contributed by atoms with Crippen molar-refractivity contribution in [2.24, 2.45) is 0 Å². The average molecular weight is 449 g/mol. The van der Waals surface area contributed by atoms with Gasteiger partial charge in [-0.2, -0.15) is 0 Å². The summed E-state index contributed by atoms with van der Waals surface area (Å²) in [6.07, 6.45) is -0.103. The number of carbonyl (C=O) groups is 4. The molecule has 0 rings (SSSR count). The summed E-state index contributed by atoms with van der Waals surface area (Å²) in [4.78, 5) is 43.1. The van der Waals surface area contributed by atoms with Gasteiger partial charge in [0.25, 0.3) is 0 Å². The first-order chi connectivity index (χ1) is 13.8. The maximum absolute atomic E-state index is 11.3. The first kappa shape index (κ1) is 36.2. The van der Waals surface area contributed by atoms with E-state index in [9.17, 15) is 19.2 Å². The van der Waals surface area contributed by atoms with Crippen LogP contribution in [0.1, 0.15) is 83.1 Å². The zero-order chi connectivity index (χ0) is 24.3. The fourth-order valence-electron chi connectivity index (χ4n) is 1.88. The van der Waals surface area contributed by atoms with E-state index in [1.165, 1.54) is 13.8 Å². The summed E-state index contributed by atoms with van der Waals surface area (Å²) in [6.45, 7) is 19.4. The van der Waals surface area contributed by atoms with E-state index in [0.717, 1.165) is 6.61 Å². The molecule has 31 heavy (non-hydrogen) atoms. The molecule has 8 heteroatoms. The third-order valence-corrected chi connectivity index (χ3v) is 2.82. The predicted molar refractivity (Wildman–Crippen MR) is 122 cm³/mol. The van der Waals surface area contributed by atoms with Crippen molar-refractivity contribution < 1.29 is 38.1 Å². The van der Waals surface area contributed by atoms with Gasteiger partial charge in [-0.3, -0.25) is 14.4 Å². The second-order valence-electron chi connectivity index (χ2n) is 6.87. The van der Waals surface area contributed by atoms with Crippen LogP contribution in [0.15, 0.2) is 11.3 Å². The number of carbonyl (C=O) groups excluding carboxylic acids is 4. The van der Waals surface area contributed by atoms with Gasteiger partial charge in [0, 0.05) is 6.61 Å². The van der Waals surface area contributed by atoms with Gasteiger partial charge in [0.15, 0.2) is 5.78 Å². The van der Waals surface area contributed by atoms with Gasteiger partial charge in [-0.05, 0) is 69.2 Å². The van der Waals surface area contributed by atoms with Crippen LogP contribution in [0.4, 0.5) is 0 Å². The zero-order valence-electron chi connectivity index (χ0n) is 20.3. The summed E-state index contributed by atoms with van der Waals surface area (Å²) in [6, 6.07) is 0. The number of hydrogen-bond acceptors (Lipinski definition) is 8. The Kier molecular flexibility index (Phi) is 24.5. The molecule has 0 amide bonds. The molecule has 0 unspecified atom stereocenters. The van der Waals surface area contributed by atoms with E-state index >= 15 is 0 Å². The topological polar surface area (TPSA) is 105 Å². The zero-order valence-corrected chi connectivity index (χ0v) is 20.3. The molecule has 184 valence electrons. The Morgan fingerprint density at radius 2 is 1.16 bits per heavy atom. The van der Waals surface area contributed by atoms with Gasteiger partial charge in [0.05, 0.1) is 25.4 Å². The minimum Gasteiger partial charge on any atom is -0.497 e. The first-order valence-corrected chi connectivity index (χ1v) is 10.1. The lowest BCUT2D eigenvalue weighted by atomic mass is 10.1. The SMILES string of the molecule is C.CCOC(=O)/C(C(C)=O)=C(/C)OCC.CCOC(=O)CC(C)=O.CCOC(C)(C)C. The Balaban J connectivity index is -0.000000186. The minimum absolute atomic E-state index is 0. The van der Waals surface area contributed by atoms with Crippen molar-refractivity contribution >= 4 is 23.5 Å². The lowest BCUT2D eigenvalue weighted by molar-refractivity contribution is -0.145. The van der Waals surface area contributed by atoms with Crippen molar-refractivity contribution in [3.63, 3.8) is 0 Å². The van der Waals surface area contributed by atoms with E-state index in [1.807, 2.05) is 6.92 Å². The Hall–Kier alpha value is -2.22. The van der Waals surface area contributed by atoms with Crippen molar-refractivity contribution in [2.75, 3.05) is 26.4 Å². The third kappa shape index (κ3) is 25.7. The molecule has 0 radical (unpaired) electrons. The molecule has 0 bridgehead atoms. The number of hydrogen-bond donors (Lipinski definition) is 0. The van der Waals surface area contributed by atoms with Crippen molar-refractivity contribution in [1.82, 2.24) is 0 Å². The molecule has 0 aliphatic heterocycles. The predicted octanol–water partition coefficient (Wildman–Crippen LogP) is 4.44. The molecule has 0 aliphatic carbocycles. The average Bonchev–Trinajstić information content (AvgIpc) is 2.54. The maximum Gasteiger partial charge on any atom is 0.345 e. The lowest BCUT2D eigenvalue weighted by Gasteiger charge is -2.17. The Bertz CT molecular complexity index is 556. The van der Waals surface area contributed by atoms with Gasteiger partial charge < -0.3 is 18.9 Å². The molecule has 0 fully saturated rings. The highest BCUT2D eigenvalue weighted by molar-refractivity contribution is 6.16. The van der Waals surface area contributed by atoms with E-state index in [2.05, 4.69) is 25.5 Å². The summed E-state index contributed by atoms with van der Waals surface area (Å²) in [5.74, 6) is -1.24. The molecule has 0 aromatic carbocycles. The van der Waals surface area contributed by atoms with Crippen LogP contribution in [0.5, 0.6) is 0 Å². The van der Waals surface area contributed by atoms with Crippen LogP contribution in [-0.2, 0) is 38.1 Å². The molecule has 0 aromatic heterocycles. The van der Waals surface area contributed by atoms with Crippen LogP contribution in [-0.4, -0.2) is 55.5 Å². The number of ether oxygens (including phenoxy) is 4. The highest BCUT2D eigenvalue weighted by Gasteiger charge is 2.19. The molecular formula is C23H44O8. The summed E-state index contributed by atoms with van der Waals surface area (Å²) >= 11 is 0. The van der Waals surface area contributed by atoms with E-state index in [4.69, 9.17) is 14.2 Å². The largest absolute Gasteiger partial charge is 0.497 e. The van der Waals surface area contributed by atoms with E-state index < -0.39 is 11.9 Å². The van der Waals surface area contributed by atoms with Crippen molar-refractivity contribution in [3.8, 4) is 0 Å². The summed E-state index contributed by atoms with van der Waals surface area (Å²) in [7, 11) is 0. The number of Topliss-reactive ketones (excluding diaryl/α,β-unsaturated/α-hetero) is 2. The van der Waals surface area contributed by atoms with Crippen molar-refractivity contribution in [3.05, 3.63) is 11.3 Å². The quantitative estimate of drug-likeness (QED) is 0.168. The van der Waals surface area contributed by atoms with Gasteiger partial charge in [-0.25, -0.2) is 4.79 Å². The van der Waals surface area contributed by atoms with Crippen LogP contribution in [0.2, 0.25) is 0 Å². The second kappa shape index (κ2) is 21.0. The molecule has 0 saturated heterocycles. The number of ketones is 2. The fourth-order valence-corrected chi connectivity index (χ4v) is 1.88. The fraction of sp³-hybridized carbons (Fsp3) is 0.739. The monoisotopic (exact) mass is 448 g/mol. The molecule has 0 N–H and O–H groups in total. The molecule has 0 atom stereocenters. The number of esters is 2. The highest BCUT2D eigenvalue weighted by atomic mass is 16.5. The minimum atomic E-state index is -0.619. The molecule has 0 aromatic rings. The van der Waals surface area contributed by atoms with Crippen molar-refractivity contribution in [2.45, 2.75) is 88.7 Å². The molecular weight excluding hydrogens is 404 g/mol. The van der Waals surface area contributed by atoms with Crippen LogP contribution < -0.4 is 0 Å². The number of rotatable bonds is 9. The number of allylic oxidation sites excluding steroid dienone is 1. The van der Waals surface area contributed by atoms with Gasteiger partial charge in [-0.15, -0.1) is 0 Å². The van der Waals surface area contributed by atoms with Crippen LogP contribution in [0.3, 0.4) is 0 Å². The van der Waals surface area contributed by atoms with Gasteiger partial charge >= 0.3 is 11.9 Å². The van der Waals surface area contributed by atoms with E-state index in [1.54, 1.807) is 27.7 Å². The van der Waals surface area contributed by atoms with E-state index in [0.29, 0.717) is 19.0 Å². The van der Waals surface area contributed by atoms with Gasteiger partial charge in [-0.1, -0.05) is 7.43 Å². The molecule has 0 aliphatic rings. The van der Waals surface area contributed by atoms with E-state index in [-0.39, 0.29) is 43.2 Å². The highest BCUT2D eigenvalue weighted by Crippen LogP contribution is 2.09. The van der Waals surface area contributed by atoms with Crippen LogP contribution >= 0.6 is 0 Å². The van der Waals surface area contributed by atoms with Crippen molar-refractivity contribution in [1.29, 1.82) is 0 Å². The standard InChI is InChI=1S/C10H16O4.C6H10O3.C6H14O.CH4/c1-5-13-8(4)9(7(3)11)10(12)14-6-2;1-3-9-6(8)4-5(2)7;1-5-7-6(2,3)4;/h5-6H2,1-4H3;3-4H2,1-2H3;5H2,1-4H3;1H4/b9-8-;;;. The maximum atomic E-state index is 11.3. The molecule has 0 saturated carbocycles. The van der Waals surface area contributed by atoms with Gasteiger partial charge in [0.1, 0.15) is 23.5 Å². The molecule has 0 heterocycles. The Morgan fingerprint density at radius 1 is 0.710 bits per heavy atom. The smallest absolute Gasteiger partial charge is 0.345 e. The molecule has 0 spiro atoms. The van der Waals surface area contributed by atoms with Crippen LogP contribution in [0, 0.1) is 0 Å². The third-order valence-electron chi connectivity index (χ3n) is 2.82. The normalized spacial score (nSPS) is 10.5. The Morgan fingerprint density at radius 3 is 1.42 bits per heavy atom. The molecule has 8 nitrogen and oxygen atoms in total. The summed E-state index contributed by atoms with van der Waals surface area (Å²) in [5.41, 5.74) is 0.0445. The second-order valence-corrected chi connectivity index (χ2v) is 6.87. The summed E-state index contributed by atoms with van der Waals surface area (Å²) < 4.78 is 19.5. The lowest BCUT2D eigenvalue weighted by Crippen LogP contribution is -2.18. The van der Waals surface area contributed by atoms with Gasteiger partial charge in [0.2, 0.25) is 0 Å². The Labute approximate surface area is 188 Å². The first-order valence-electron chi connectivity index (χ1n) is 10.1.